The predicted molar refractivity (Wildman–Crippen MR) is 157 cm³/mol. The zero-order chi connectivity index (χ0) is 34.2. The number of primary amides is 1. The van der Waals surface area contributed by atoms with Crippen LogP contribution in [0.5, 0.6) is 0 Å². The van der Waals surface area contributed by atoms with Crippen molar-refractivity contribution in [1.29, 1.82) is 0 Å². The number of carbonyl (C=O) groups is 3. The minimum Gasteiger partial charge on any atom is -0.453 e. The van der Waals surface area contributed by atoms with E-state index in [9.17, 15) is 19.2 Å². The van der Waals surface area contributed by atoms with Gasteiger partial charge in [0.1, 0.15) is 17.2 Å². The maximum absolute atomic E-state index is 13.6. The molecule has 0 spiro atoms. The number of alkyl carbamates (subject to hydrolysis) is 1. The second-order valence-corrected chi connectivity index (χ2v) is 11.2. The van der Waals surface area contributed by atoms with Crippen molar-refractivity contribution in [2.75, 3.05) is 26.5 Å². The van der Waals surface area contributed by atoms with Crippen molar-refractivity contribution >= 4 is 51.6 Å². The van der Waals surface area contributed by atoms with Crippen LogP contribution < -0.4 is 22.1 Å². The molecule has 4 atom stereocenters. The lowest BCUT2D eigenvalue weighted by molar-refractivity contribution is -0.123. The Morgan fingerprint density at radius 1 is 1.23 bits per heavy atom. The average molecular weight is 595 g/mol. The van der Waals surface area contributed by atoms with Crippen molar-refractivity contribution < 1.29 is 24.6 Å². The van der Waals surface area contributed by atoms with Crippen LogP contribution in [0.15, 0.2) is 29.2 Å². The number of methoxy groups -OCH3 is 1. The molecule has 226 valence electrons. The molecule has 6 rings (SSSR count). The topological polar surface area (TPSA) is 184 Å². The van der Waals surface area contributed by atoms with Crippen molar-refractivity contribution in [2.45, 2.75) is 50.2 Å². The molecule has 0 radical (unpaired) electrons. The zero-order valence-electron chi connectivity index (χ0n) is 28.0. The number of nitrogens with zero attached hydrogens (tertiary/aromatic N) is 7. The van der Waals surface area contributed by atoms with E-state index in [1.807, 2.05) is 6.92 Å². The van der Waals surface area contributed by atoms with Crippen LogP contribution in [0.3, 0.4) is 0 Å². The standard InChI is InChI=1S/C28H34N10O5/c1-14-12-28(14,25(29)40)38-23-17(22(34-38)24(39)35(2)3)8-9-20(33-23)32-21-11-18-19(13-30-21)36(4)27(42)37(18)16-7-6-15(10-16)31-26(41)43-5/h8-9,11,13-16H,6-7,10,12H2,1-5H3,(H2,29,40)(H,31,41)(H,30,32,33)/i4D3,15D. The molecule has 4 unspecified atom stereocenters. The molecule has 2 fully saturated rings. The number of anilines is 2. The number of ether oxygens (including phenoxy) is 1. The Hall–Kier alpha value is -4.95. The van der Waals surface area contributed by atoms with Crippen molar-refractivity contribution in [2.24, 2.45) is 18.6 Å². The molecule has 43 heavy (non-hydrogen) atoms. The highest BCUT2D eigenvalue weighted by atomic mass is 16.5. The van der Waals surface area contributed by atoms with Crippen LogP contribution in [0.2, 0.25) is 0 Å². The number of pyridine rings is 2. The maximum Gasteiger partial charge on any atom is 0.407 e. The number of imidazole rings is 1. The van der Waals surface area contributed by atoms with Crippen LogP contribution in [0, 0.1) is 5.92 Å². The minimum absolute atomic E-state index is 0.0312. The molecule has 0 saturated heterocycles. The summed E-state index contributed by atoms with van der Waals surface area (Å²) in [5.41, 5.74) is 4.54. The summed E-state index contributed by atoms with van der Waals surface area (Å²) in [4.78, 5) is 61.5. The van der Waals surface area contributed by atoms with Gasteiger partial charge in [-0.2, -0.15) is 5.10 Å². The van der Waals surface area contributed by atoms with E-state index in [-0.39, 0.29) is 58.7 Å². The Bertz CT molecular complexity index is 2020. The van der Waals surface area contributed by atoms with Crippen molar-refractivity contribution in [3.8, 4) is 0 Å². The molecular weight excluding hydrogens is 556 g/mol. The van der Waals surface area contributed by atoms with Gasteiger partial charge in [0, 0.05) is 43.3 Å². The van der Waals surface area contributed by atoms with Gasteiger partial charge in [-0.15, -0.1) is 0 Å². The second kappa shape index (κ2) is 10.1. The van der Waals surface area contributed by atoms with E-state index in [2.05, 4.69) is 30.4 Å². The van der Waals surface area contributed by atoms with Gasteiger partial charge in [0.2, 0.25) is 5.91 Å². The van der Waals surface area contributed by atoms with Gasteiger partial charge in [-0.05, 0) is 43.7 Å². The third-order valence-electron chi connectivity index (χ3n) is 8.32. The summed E-state index contributed by atoms with van der Waals surface area (Å²) in [5.74, 6) is -0.623. The fraction of sp³-hybridized carbons (Fsp3) is 0.464. The highest BCUT2D eigenvalue weighted by Gasteiger charge is 2.60. The average Bonchev–Trinajstić information content (AvgIpc) is 3.24. The number of amides is 3. The number of nitrogens with two attached hydrogens (primary N) is 1. The fourth-order valence-corrected chi connectivity index (χ4v) is 5.89. The largest absolute Gasteiger partial charge is 0.453 e. The molecule has 0 aromatic carbocycles. The van der Waals surface area contributed by atoms with Crippen molar-refractivity contribution in [1.82, 2.24) is 39.1 Å². The maximum atomic E-state index is 13.6. The number of carbonyl (C=O) groups excluding carboxylic acids is 3. The molecule has 4 N–H and O–H groups in total. The summed E-state index contributed by atoms with van der Waals surface area (Å²) in [6.45, 7) is -0.959. The lowest BCUT2D eigenvalue weighted by Crippen LogP contribution is -2.37. The van der Waals surface area contributed by atoms with Crippen molar-refractivity contribution in [3.05, 3.63) is 40.6 Å². The first-order valence-electron chi connectivity index (χ1n) is 15.7. The van der Waals surface area contributed by atoms with Crippen LogP contribution in [0.4, 0.5) is 16.4 Å². The number of hydrogen-bond donors (Lipinski definition) is 3. The van der Waals surface area contributed by atoms with Gasteiger partial charge in [-0.3, -0.25) is 18.7 Å². The van der Waals surface area contributed by atoms with E-state index in [4.69, 9.17) is 11.2 Å². The smallest absolute Gasteiger partial charge is 0.407 e. The molecule has 3 amide bonds. The highest BCUT2D eigenvalue weighted by Crippen LogP contribution is 2.51. The zero-order valence-corrected chi connectivity index (χ0v) is 24.0. The van der Waals surface area contributed by atoms with Gasteiger partial charge < -0.3 is 26.0 Å². The quantitative estimate of drug-likeness (QED) is 0.286. The lowest BCUT2D eigenvalue weighted by Gasteiger charge is -2.15. The van der Waals surface area contributed by atoms with E-state index in [0.29, 0.717) is 22.8 Å². The summed E-state index contributed by atoms with van der Waals surface area (Å²) >= 11 is 0. The Balaban J connectivity index is 1.43. The molecular formula is C28H34N10O5. The van der Waals surface area contributed by atoms with Crippen LogP contribution in [0.1, 0.15) is 54.6 Å². The van der Waals surface area contributed by atoms with Crippen LogP contribution in [-0.4, -0.2) is 78.9 Å². The number of rotatable bonds is 7. The van der Waals surface area contributed by atoms with Crippen molar-refractivity contribution in [3.63, 3.8) is 0 Å². The van der Waals surface area contributed by atoms with E-state index in [1.54, 1.807) is 26.2 Å². The summed E-state index contributed by atoms with van der Waals surface area (Å²) in [6, 6.07) is 2.72. The second-order valence-electron chi connectivity index (χ2n) is 11.2. The highest BCUT2D eigenvalue weighted by molar-refractivity contribution is 6.05. The molecule has 0 bridgehead atoms. The van der Waals surface area contributed by atoms with Gasteiger partial charge in [-0.25, -0.2) is 24.2 Å². The third-order valence-corrected chi connectivity index (χ3v) is 8.32. The van der Waals surface area contributed by atoms with Crippen LogP contribution in [0.25, 0.3) is 22.1 Å². The first-order chi connectivity index (χ1) is 22.0. The lowest BCUT2D eigenvalue weighted by atomic mass is 10.2. The third kappa shape index (κ3) is 4.46. The van der Waals surface area contributed by atoms with Gasteiger partial charge >= 0.3 is 11.8 Å². The fourth-order valence-electron chi connectivity index (χ4n) is 5.89. The van der Waals surface area contributed by atoms with Gasteiger partial charge in [-0.1, -0.05) is 6.92 Å². The Morgan fingerprint density at radius 2 is 2.00 bits per heavy atom. The van der Waals surface area contributed by atoms with Gasteiger partial charge in [0.05, 0.1) is 31.1 Å². The number of fused-ring (bicyclic) bond motifs is 2. The summed E-state index contributed by atoms with van der Waals surface area (Å²) in [7, 11) is 4.37. The Labute approximate surface area is 251 Å². The number of nitrogens with one attached hydrogen (secondary N) is 2. The molecule has 0 aliphatic heterocycles. The van der Waals surface area contributed by atoms with E-state index in [0.717, 1.165) is 0 Å². The molecule has 15 heteroatoms. The number of hydrogen-bond acceptors (Lipinski definition) is 9. The molecule has 2 aliphatic carbocycles. The molecule has 4 aromatic rings. The molecule has 4 aromatic heterocycles. The molecule has 2 aliphatic rings. The van der Waals surface area contributed by atoms with Crippen LogP contribution >= 0.6 is 0 Å². The number of aromatic nitrogens is 6. The normalized spacial score (nSPS) is 26.3. The van der Waals surface area contributed by atoms with Gasteiger partial charge in [0.25, 0.3) is 5.91 Å². The summed E-state index contributed by atoms with van der Waals surface area (Å²) in [6.07, 6.45) is 1.47. The van der Waals surface area contributed by atoms with Crippen LogP contribution in [-0.2, 0) is 22.0 Å². The van der Waals surface area contributed by atoms with E-state index < -0.39 is 42.3 Å². The van der Waals surface area contributed by atoms with E-state index >= 15 is 0 Å². The first kappa shape index (κ1) is 23.6. The Kier molecular flexibility index (Phi) is 5.54. The summed E-state index contributed by atoms with van der Waals surface area (Å²) in [5, 5.41) is 10.5. The molecule has 2 saturated carbocycles. The SMILES string of the molecule is [2H]C1(NC(=O)OC)CCC(n2c(=O)n(C([2H])([2H])[2H])c3cnc(Nc4ccc5c(C(=O)N(C)C)nn(C6(C(N)=O)CC6C)c5n4)cc32)C1. The predicted octanol–water partition coefficient (Wildman–Crippen LogP) is 1.60. The van der Waals surface area contributed by atoms with Gasteiger partial charge in [0.15, 0.2) is 11.3 Å². The summed E-state index contributed by atoms with van der Waals surface area (Å²) < 4.78 is 40.8. The Morgan fingerprint density at radius 3 is 2.65 bits per heavy atom. The molecule has 4 heterocycles. The monoisotopic (exact) mass is 594 g/mol. The number of aryl methyl sites for hydroxylation is 1. The molecule has 15 nitrogen and oxygen atoms in total. The van der Waals surface area contributed by atoms with E-state index in [1.165, 1.54) is 33.5 Å². The minimum atomic E-state index is -2.82. The first-order valence-corrected chi connectivity index (χ1v) is 13.7.